The van der Waals surface area contributed by atoms with Gasteiger partial charge < -0.3 is 14.3 Å². The van der Waals surface area contributed by atoms with Crippen LogP contribution in [0.25, 0.3) is 22.0 Å². The van der Waals surface area contributed by atoms with E-state index in [1.54, 1.807) is 10.6 Å². The number of hydrogen-bond acceptors (Lipinski definition) is 3. The Bertz CT molecular complexity index is 1280. The average Bonchev–Trinajstić information content (AvgIpc) is 3.26. The molecule has 7 heteroatoms. The fourth-order valence-electron chi connectivity index (χ4n) is 4.19. The van der Waals surface area contributed by atoms with E-state index in [0.717, 1.165) is 21.9 Å². The monoisotopic (exact) mass is 453 g/mol. The third-order valence-corrected chi connectivity index (χ3v) is 6.32. The molecule has 4 aromatic rings. The molecule has 6 nitrogen and oxygen atoms in total. The Morgan fingerprint density at radius 2 is 2.03 bits per heavy atom. The van der Waals surface area contributed by atoms with E-state index in [2.05, 4.69) is 27.0 Å². The molecule has 0 saturated carbocycles. The largest absolute Gasteiger partial charge is 0.419 e. The predicted octanol–water partition coefficient (Wildman–Crippen LogP) is 4.20. The van der Waals surface area contributed by atoms with E-state index in [9.17, 15) is 9.59 Å². The van der Waals surface area contributed by atoms with Gasteiger partial charge in [0.25, 0.3) is 0 Å². The lowest BCUT2D eigenvalue weighted by molar-refractivity contribution is -0.132. The van der Waals surface area contributed by atoms with Gasteiger partial charge in [-0.15, -0.1) is 0 Å². The Kier molecular flexibility index (Phi) is 4.54. The van der Waals surface area contributed by atoms with E-state index < -0.39 is 0 Å². The summed E-state index contributed by atoms with van der Waals surface area (Å²) in [5.41, 5.74) is 4.87. The number of hydrogen-bond donors (Lipinski definition) is 1. The minimum atomic E-state index is -0.370. The summed E-state index contributed by atoms with van der Waals surface area (Å²) in [6.07, 6.45) is 1.84. The number of para-hydroxylation sites is 3. The zero-order valence-corrected chi connectivity index (χ0v) is 17.4. The fraction of sp³-hybridized carbons (Fsp3) is 0.273. The summed E-state index contributed by atoms with van der Waals surface area (Å²) in [4.78, 5) is 30.3. The Morgan fingerprint density at radius 1 is 1.17 bits per heavy atom. The van der Waals surface area contributed by atoms with Crippen molar-refractivity contribution in [1.29, 1.82) is 0 Å². The number of oxazole rings is 1. The maximum Gasteiger partial charge on any atom is 0.419 e. The van der Waals surface area contributed by atoms with Crippen LogP contribution in [0.1, 0.15) is 24.1 Å². The number of carbonyl (C=O) groups is 1. The molecule has 3 heterocycles. The van der Waals surface area contributed by atoms with Crippen LogP contribution in [-0.4, -0.2) is 26.9 Å². The standard InChI is InChI=1S/C22H20BrN3O3/c23-16-6-3-5-14-15-13-25(12-10-17(15)24-21(14)16)20(27)9-4-11-26-18-7-1-2-8-19(18)29-22(26)28/h1-3,5-8,24H,4,9-13H2. The zero-order chi connectivity index (χ0) is 20.0. The maximum atomic E-state index is 12.8. The van der Waals surface area contributed by atoms with Crippen molar-refractivity contribution in [3.05, 3.63) is 68.7 Å². The molecule has 2 aromatic carbocycles. The molecule has 1 aliphatic rings. The van der Waals surface area contributed by atoms with Crippen LogP contribution in [-0.2, 0) is 24.3 Å². The van der Waals surface area contributed by atoms with Gasteiger partial charge >= 0.3 is 5.76 Å². The topological polar surface area (TPSA) is 71.2 Å². The molecular formula is C22H20BrN3O3. The van der Waals surface area contributed by atoms with Crippen molar-refractivity contribution in [2.24, 2.45) is 0 Å². The van der Waals surface area contributed by atoms with Crippen LogP contribution in [0, 0.1) is 0 Å². The molecule has 0 saturated heterocycles. The minimum absolute atomic E-state index is 0.126. The molecule has 29 heavy (non-hydrogen) atoms. The van der Waals surface area contributed by atoms with Crippen molar-refractivity contribution in [3.63, 3.8) is 0 Å². The Labute approximate surface area is 175 Å². The minimum Gasteiger partial charge on any atom is -0.408 e. The molecule has 1 N–H and O–H groups in total. The molecule has 148 valence electrons. The molecule has 0 unspecified atom stereocenters. The highest BCUT2D eigenvalue weighted by atomic mass is 79.9. The highest BCUT2D eigenvalue weighted by Crippen LogP contribution is 2.32. The first-order valence-corrected chi connectivity index (χ1v) is 10.6. The number of aromatic amines is 1. The number of nitrogens with zero attached hydrogens (tertiary/aromatic N) is 2. The molecule has 0 spiro atoms. The Balaban J connectivity index is 1.27. The van der Waals surface area contributed by atoms with Crippen molar-refractivity contribution < 1.29 is 9.21 Å². The quantitative estimate of drug-likeness (QED) is 0.503. The Morgan fingerprint density at radius 3 is 2.93 bits per heavy atom. The van der Waals surface area contributed by atoms with E-state index in [1.807, 2.05) is 35.2 Å². The molecule has 1 aliphatic heterocycles. The van der Waals surface area contributed by atoms with Crippen molar-refractivity contribution in [2.75, 3.05) is 6.54 Å². The van der Waals surface area contributed by atoms with Gasteiger partial charge in [0.15, 0.2) is 5.58 Å². The molecule has 0 bridgehead atoms. The van der Waals surface area contributed by atoms with Gasteiger partial charge in [0.2, 0.25) is 5.91 Å². The lowest BCUT2D eigenvalue weighted by Crippen LogP contribution is -2.35. The average molecular weight is 454 g/mol. The Hall–Kier alpha value is -2.80. The van der Waals surface area contributed by atoms with Crippen molar-refractivity contribution in [1.82, 2.24) is 14.5 Å². The van der Waals surface area contributed by atoms with E-state index in [0.29, 0.717) is 38.1 Å². The molecule has 0 aliphatic carbocycles. The summed E-state index contributed by atoms with van der Waals surface area (Å²) in [5, 5.41) is 1.17. The number of H-pyrrole nitrogens is 1. The second-order valence-electron chi connectivity index (χ2n) is 7.40. The number of carbonyl (C=O) groups excluding carboxylic acids is 1. The van der Waals surface area contributed by atoms with Crippen molar-refractivity contribution in [2.45, 2.75) is 32.4 Å². The summed E-state index contributed by atoms with van der Waals surface area (Å²) in [7, 11) is 0. The molecule has 2 aromatic heterocycles. The third-order valence-electron chi connectivity index (χ3n) is 5.66. The summed E-state index contributed by atoms with van der Waals surface area (Å²) < 4.78 is 7.91. The van der Waals surface area contributed by atoms with Crippen molar-refractivity contribution >= 4 is 43.8 Å². The summed E-state index contributed by atoms with van der Waals surface area (Å²) in [6, 6.07) is 13.5. The van der Waals surface area contributed by atoms with E-state index in [-0.39, 0.29) is 11.7 Å². The predicted molar refractivity (Wildman–Crippen MR) is 115 cm³/mol. The van der Waals surface area contributed by atoms with E-state index in [1.165, 1.54) is 16.6 Å². The van der Waals surface area contributed by atoms with E-state index >= 15 is 0 Å². The normalized spacial score (nSPS) is 13.9. The summed E-state index contributed by atoms with van der Waals surface area (Å²) in [6.45, 7) is 1.81. The first-order chi connectivity index (χ1) is 14.1. The first-order valence-electron chi connectivity index (χ1n) is 9.76. The van der Waals surface area contributed by atoms with Crippen molar-refractivity contribution in [3.8, 4) is 0 Å². The van der Waals surface area contributed by atoms with Gasteiger partial charge in [-0.25, -0.2) is 4.79 Å². The van der Waals surface area contributed by atoms with Crippen LogP contribution >= 0.6 is 15.9 Å². The maximum absolute atomic E-state index is 12.8. The first kappa shape index (κ1) is 18.2. The van der Waals surface area contributed by atoms with Gasteiger partial charge in [0, 0.05) is 53.6 Å². The van der Waals surface area contributed by atoms with E-state index in [4.69, 9.17) is 4.42 Å². The fourth-order valence-corrected chi connectivity index (χ4v) is 4.65. The van der Waals surface area contributed by atoms with Crippen LogP contribution in [0.4, 0.5) is 0 Å². The summed E-state index contributed by atoms with van der Waals surface area (Å²) in [5.74, 6) is -0.244. The number of aryl methyl sites for hydroxylation is 1. The number of amides is 1. The van der Waals surface area contributed by atoms with Crippen LogP contribution < -0.4 is 5.76 Å². The van der Waals surface area contributed by atoms with Gasteiger partial charge in [0.1, 0.15) is 0 Å². The lowest BCUT2D eigenvalue weighted by Gasteiger charge is -2.27. The van der Waals surface area contributed by atoms with Gasteiger partial charge in [-0.2, -0.15) is 0 Å². The number of halogens is 1. The summed E-state index contributed by atoms with van der Waals surface area (Å²) >= 11 is 3.60. The number of rotatable bonds is 4. The number of aromatic nitrogens is 2. The lowest BCUT2D eigenvalue weighted by atomic mass is 10.0. The molecule has 5 rings (SSSR count). The molecule has 0 radical (unpaired) electrons. The SMILES string of the molecule is O=C(CCCn1c(=O)oc2ccccc21)N1CCc2[nH]c3c(Br)cccc3c2C1. The van der Waals surface area contributed by atoms with Gasteiger partial charge in [-0.3, -0.25) is 9.36 Å². The number of nitrogens with one attached hydrogen (secondary N) is 1. The van der Waals surface area contributed by atoms with Gasteiger partial charge in [0.05, 0.1) is 11.0 Å². The van der Waals surface area contributed by atoms with Crippen LogP contribution in [0.15, 0.2) is 56.1 Å². The van der Waals surface area contributed by atoms with Crippen LogP contribution in [0.2, 0.25) is 0 Å². The van der Waals surface area contributed by atoms with Crippen LogP contribution in [0.3, 0.4) is 0 Å². The third kappa shape index (κ3) is 3.19. The smallest absolute Gasteiger partial charge is 0.408 e. The highest BCUT2D eigenvalue weighted by Gasteiger charge is 2.24. The zero-order valence-electron chi connectivity index (χ0n) is 15.8. The second-order valence-corrected chi connectivity index (χ2v) is 8.26. The highest BCUT2D eigenvalue weighted by molar-refractivity contribution is 9.10. The van der Waals surface area contributed by atoms with Gasteiger partial charge in [-0.05, 0) is 40.5 Å². The molecule has 0 atom stereocenters. The molecule has 1 amide bonds. The number of fused-ring (bicyclic) bond motifs is 4. The van der Waals surface area contributed by atoms with Gasteiger partial charge in [-0.1, -0.05) is 24.3 Å². The molecule has 0 fully saturated rings. The second kappa shape index (κ2) is 7.22. The molecular weight excluding hydrogens is 434 g/mol. The van der Waals surface area contributed by atoms with Crippen LogP contribution in [0.5, 0.6) is 0 Å². The number of benzene rings is 2.